The van der Waals surface area contributed by atoms with Gasteiger partial charge in [-0.3, -0.25) is 4.79 Å². The van der Waals surface area contributed by atoms with Crippen LogP contribution in [0.25, 0.3) is 0 Å². The van der Waals surface area contributed by atoms with Crippen LogP contribution in [0.3, 0.4) is 0 Å². The third-order valence-electron chi connectivity index (χ3n) is 4.12. The highest BCUT2D eigenvalue weighted by atomic mass is 16.6. The SMILES string of the molecule is COc1ccc(C[C@H]2NC[C@H](O)[C@H]2OC(=O)Cc2noc(C)n2)cc1. The summed E-state index contributed by atoms with van der Waals surface area (Å²) in [5.41, 5.74) is 1.06. The standard InChI is InChI=1S/C17H21N3O5/c1-10-19-15(20-25-10)8-16(22)24-17-13(18-9-14(17)21)7-11-3-5-12(23-2)6-4-11/h3-6,13-14,17-18,21H,7-9H2,1-2H3/t13-,14+,17+/m1/s1. The number of hydrogen-bond acceptors (Lipinski definition) is 8. The highest BCUT2D eigenvalue weighted by molar-refractivity contribution is 5.71. The molecule has 2 N–H and O–H groups in total. The zero-order valence-corrected chi connectivity index (χ0v) is 14.1. The summed E-state index contributed by atoms with van der Waals surface area (Å²) in [6.45, 7) is 2.03. The van der Waals surface area contributed by atoms with Crippen LogP contribution >= 0.6 is 0 Å². The summed E-state index contributed by atoms with van der Waals surface area (Å²) in [5.74, 6) is 0.951. The summed E-state index contributed by atoms with van der Waals surface area (Å²) in [6.07, 6.45) is -0.835. The molecule has 0 bridgehead atoms. The van der Waals surface area contributed by atoms with Gasteiger partial charge in [0.1, 0.15) is 24.4 Å². The quantitative estimate of drug-likeness (QED) is 0.724. The molecule has 3 atom stereocenters. The van der Waals surface area contributed by atoms with Crippen molar-refractivity contribution in [3.8, 4) is 5.75 Å². The highest BCUT2D eigenvalue weighted by Crippen LogP contribution is 2.19. The van der Waals surface area contributed by atoms with Crippen LogP contribution in [0.1, 0.15) is 17.3 Å². The van der Waals surface area contributed by atoms with E-state index in [9.17, 15) is 9.90 Å². The number of aryl methyl sites for hydroxylation is 1. The minimum atomic E-state index is -0.751. The number of aromatic nitrogens is 2. The lowest BCUT2D eigenvalue weighted by atomic mass is 10.0. The minimum absolute atomic E-state index is 0.0875. The van der Waals surface area contributed by atoms with Crippen molar-refractivity contribution in [2.75, 3.05) is 13.7 Å². The molecule has 1 aliphatic heterocycles. The van der Waals surface area contributed by atoms with E-state index in [1.807, 2.05) is 24.3 Å². The zero-order valence-electron chi connectivity index (χ0n) is 14.1. The summed E-state index contributed by atoms with van der Waals surface area (Å²) >= 11 is 0. The van der Waals surface area contributed by atoms with Crippen LogP contribution in [-0.2, 0) is 22.4 Å². The van der Waals surface area contributed by atoms with Crippen LogP contribution in [0.5, 0.6) is 5.75 Å². The van der Waals surface area contributed by atoms with Crippen molar-refractivity contribution < 1.29 is 23.9 Å². The molecule has 1 fully saturated rings. The van der Waals surface area contributed by atoms with Crippen molar-refractivity contribution in [1.82, 2.24) is 15.5 Å². The van der Waals surface area contributed by atoms with Crippen LogP contribution < -0.4 is 10.1 Å². The number of β-amino-alcohol motifs (C(OH)–C–C–N with tert-alkyl or cyclic N) is 1. The first kappa shape index (κ1) is 17.4. The molecule has 134 valence electrons. The number of aliphatic hydroxyl groups is 1. The molecular weight excluding hydrogens is 326 g/mol. The van der Waals surface area contributed by atoms with Crippen molar-refractivity contribution in [3.63, 3.8) is 0 Å². The Bertz CT molecular complexity index is 715. The Hall–Kier alpha value is -2.45. The van der Waals surface area contributed by atoms with Crippen molar-refractivity contribution in [1.29, 1.82) is 0 Å². The minimum Gasteiger partial charge on any atom is -0.497 e. The van der Waals surface area contributed by atoms with Gasteiger partial charge < -0.3 is 24.4 Å². The second-order valence-electron chi connectivity index (χ2n) is 6.00. The Labute approximate surface area is 145 Å². The first-order chi connectivity index (χ1) is 12.0. The molecule has 1 saturated heterocycles. The summed E-state index contributed by atoms with van der Waals surface area (Å²) in [6, 6.07) is 7.48. The van der Waals surface area contributed by atoms with Gasteiger partial charge in [-0.25, -0.2) is 0 Å². The highest BCUT2D eigenvalue weighted by Gasteiger charge is 2.37. The lowest BCUT2D eigenvalue weighted by molar-refractivity contribution is -0.153. The summed E-state index contributed by atoms with van der Waals surface area (Å²) in [7, 11) is 1.62. The van der Waals surface area contributed by atoms with Gasteiger partial charge in [0, 0.05) is 13.5 Å². The zero-order chi connectivity index (χ0) is 17.8. The molecule has 2 heterocycles. The van der Waals surface area contributed by atoms with Gasteiger partial charge in [-0.1, -0.05) is 17.3 Å². The molecule has 3 rings (SSSR count). The number of aliphatic hydroxyl groups excluding tert-OH is 1. The predicted octanol–water partition coefficient (Wildman–Crippen LogP) is 0.416. The smallest absolute Gasteiger partial charge is 0.314 e. The number of hydrogen-bond donors (Lipinski definition) is 2. The fraction of sp³-hybridized carbons (Fsp3) is 0.471. The van der Waals surface area contributed by atoms with Gasteiger partial charge in [0.25, 0.3) is 0 Å². The summed E-state index contributed by atoms with van der Waals surface area (Å²) in [4.78, 5) is 16.1. The van der Waals surface area contributed by atoms with E-state index in [1.54, 1.807) is 14.0 Å². The third kappa shape index (κ3) is 4.34. The normalized spacial score (nSPS) is 22.8. The molecule has 1 aromatic heterocycles. The fourth-order valence-corrected chi connectivity index (χ4v) is 2.87. The largest absolute Gasteiger partial charge is 0.497 e. The van der Waals surface area contributed by atoms with E-state index < -0.39 is 18.2 Å². The predicted molar refractivity (Wildman–Crippen MR) is 87.1 cm³/mol. The van der Waals surface area contributed by atoms with Gasteiger partial charge >= 0.3 is 5.97 Å². The first-order valence-electron chi connectivity index (χ1n) is 8.08. The molecular formula is C17H21N3O5. The maximum absolute atomic E-state index is 12.1. The fourth-order valence-electron chi connectivity index (χ4n) is 2.87. The van der Waals surface area contributed by atoms with E-state index in [4.69, 9.17) is 14.0 Å². The Morgan fingerprint density at radius 3 is 2.80 bits per heavy atom. The van der Waals surface area contributed by atoms with E-state index in [1.165, 1.54) is 0 Å². The van der Waals surface area contributed by atoms with Gasteiger partial charge in [-0.2, -0.15) is 4.98 Å². The van der Waals surface area contributed by atoms with Gasteiger partial charge in [0.2, 0.25) is 5.89 Å². The maximum Gasteiger partial charge on any atom is 0.314 e. The van der Waals surface area contributed by atoms with Gasteiger partial charge in [-0.15, -0.1) is 0 Å². The molecule has 1 aliphatic rings. The van der Waals surface area contributed by atoms with Crippen LogP contribution in [0.4, 0.5) is 0 Å². The van der Waals surface area contributed by atoms with Crippen molar-refractivity contribution >= 4 is 5.97 Å². The van der Waals surface area contributed by atoms with Crippen molar-refractivity contribution in [2.45, 2.75) is 38.0 Å². The molecule has 0 radical (unpaired) electrons. The van der Waals surface area contributed by atoms with E-state index in [2.05, 4.69) is 15.5 Å². The van der Waals surface area contributed by atoms with Gasteiger partial charge in [-0.05, 0) is 24.1 Å². The average Bonchev–Trinajstić information content (AvgIpc) is 3.15. The Balaban J connectivity index is 1.60. The molecule has 0 amide bonds. The molecule has 2 aromatic rings. The van der Waals surface area contributed by atoms with Crippen LogP contribution in [0, 0.1) is 6.92 Å². The lowest BCUT2D eigenvalue weighted by Gasteiger charge is -2.22. The molecule has 0 aliphatic carbocycles. The Morgan fingerprint density at radius 1 is 1.40 bits per heavy atom. The Kier molecular flexibility index (Phi) is 5.30. The number of benzene rings is 1. The van der Waals surface area contributed by atoms with Crippen molar-refractivity contribution in [3.05, 3.63) is 41.5 Å². The Morgan fingerprint density at radius 2 is 2.16 bits per heavy atom. The topological polar surface area (TPSA) is 107 Å². The first-order valence-corrected chi connectivity index (χ1v) is 8.08. The average molecular weight is 347 g/mol. The van der Waals surface area contributed by atoms with Crippen LogP contribution in [0.15, 0.2) is 28.8 Å². The molecule has 0 spiro atoms. The molecule has 8 heteroatoms. The van der Waals surface area contributed by atoms with Crippen LogP contribution in [0.2, 0.25) is 0 Å². The molecule has 0 saturated carbocycles. The van der Waals surface area contributed by atoms with Gasteiger partial charge in [0.15, 0.2) is 5.82 Å². The van der Waals surface area contributed by atoms with E-state index in [0.29, 0.717) is 18.9 Å². The summed E-state index contributed by atoms with van der Waals surface area (Å²) in [5, 5.41) is 17.0. The molecule has 1 aromatic carbocycles. The number of rotatable bonds is 6. The van der Waals surface area contributed by atoms with Gasteiger partial charge in [0.05, 0.1) is 13.2 Å². The molecule has 25 heavy (non-hydrogen) atoms. The maximum atomic E-state index is 12.1. The summed E-state index contributed by atoms with van der Waals surface area (Å²) < 4.78 is 15.4. The number of carbonyl (C=O) groups excluding carboxylic acids is 1. The second kappa shape index (κ2) is 7.62. The second-order valence-corrected chi connectivity index (χ2v) is 6.00. The van der Waals surface area contributed by atoms with E-state index in [0.717, 1.165) is 11.3 Å². The van der Waals surface area contributed by atoms with E-state index in [-0.39, 0.29) is 18.3 Å². The number of esters is 1. The molecule has 0 unspecified atom stereocenters. The number of nitrogens with zero attached hydrogens (tertiary/aromatic N) is 2. The number of nitrogens with one attached hydrogen (secondary N) is 1. The number of methoxy groups -OCH3 is 1. The number of carbonyl (C=O) groups is 1. The van der Waals surface area contributed by atoms with Crippen LogP contribution in [-0.4, -0.2) is 53.1 Å². The third-order valence-corrected chi connectivity index (χ3v) is 4.12. The van der Waals surface area contributed by atoms with Crippen molar-refractivity contribution in [2.24, 2.45) is 0 Å². The molecule has 8 nitrogen and oxygen atoms in total. The number of ether oxygens (including phenoxy) is 2. The van der Waals surface area contributed by atoms with E-state index >= 15 is 0 Å². The lowest BCUT2D eigenvalue weighted by Crippen LogP contribution is -2.39. The monoisotopic (exact) mass is 347 g/mol.